The number of amides is 2. The minimum Gasteiger partial charge on any atom is -0.760 e. The van der Waals surface area contributed by atoms with Crippen molar-refractivity contribution in [3.8, 4) is 5.75 Å². The number of halogens is 2. The van der Waals surface area contributed by atoms with Crippen molar-refractivity contribution >= 4 is 40.3 Å². The molecule has 29 heavy (non-hydrogen) atoms. The molecule has 2 atom stereocenters. The Morgan fingerprint density at radius 3 is 2.69 bits per heavy atom. The number of hydrogen-bond acceptors (Lipinski definition) is 5. The third kappa shape index (κ3) is 4.07. The van der Waals surface area contributed by atoms with Gasteiger partial charge in [-0.05, 0) is 30.7 Å². The molecule has 0 saturated carbocycles. The van der Waals surface area contributed by atoms with E-state index in [1.165, 1.54) is 34.6 Å². The van der Waals surface area contributed by atoms with Gasteiger partial charge in [0.15, 0.2) is 0 Å². The molecule has 0 spiro atoms. The second-order valence-corrected chi connectivity index (χ2v) is 7.89. The van der Waals surface area contributed by atoms with Crippen LogP contribution in [0.4, 0.5) is 20.6 Å². The van der Waals surface area contributed by atoms with Gasteiger partial charge in [-0.1, -0.05) is 17.7 Å². The van der Waals surface area contributed by atoms with Crippen LogP contribution in [0.15, 0.2) is 30.3 Å². The maximum absolute atomic E-state index is 14.2. The van der Waals surface area contributed by atoms with Gasteiger partial charge in [0.05, 0.1) is 11.4 Å². The fourth-order valence-corrected chi connectivity index (χ4v) is 4.43. The van der Waals surface area contributed by atoms with Crippen molar-refractivity contribution in [3.05, 3.63) is 52.3 Å². The van der Waals surface area contributed by atoms with E-state index in [0.29, 0.717) is 12.0 Å². The Morgan fingerprint density at radius 1 is 1.38 bits per heavy atom. The number of hydrogen-bond donors (Lipinski definition) is 3. The molecular formula is C18H19ClFN4O4S-. The number of urea groups is 1. The maximum Gasteiger partial charge on any atom is 0.324 e. The lowest BCUT2D eigenvalue weighted by Crippen LogP contribution is -2.33. The first-order chi connectivity index (χ1) is 13.8. The highest BCUT2D eigenvalue weighted by Gasteiger charge is 2.31. The predicted molar refractivity (Wildman–Crippen MR) is 107 cm³/mol. The number of carbonyl (C=O) groups excluding carboxylic acids is 1. The molecule has 1 aliphatic heterocycles. The molecule has 8 nitrogen and oxygen atoms in total. The van der Waals surface area contributed by atoms with Crippen LogP contribution in [0, 0.1) is 5.82 Å². The molecule has 2 amide bonds. The largest absolute Gasteiger partial charge is 0.760 e. The van der Waals surface area contributed by atoms with Crippen molar-refractivity contribution in [2.75, 3.05) is 18.0 Å². The molecule has 0 bridgehead atoms. The maximum atomic E-state index is 14.2. The number of anilines is 2. The Kier molecular flexibility index (Phi) is 6.39. The first-order valence-electron chi connectivity index (χ1n) is 8.69. The Bertz CT molecular complexity index is 977. The lowest BCUT2D eigenvalue weighted by Gasteiger charge is -2.26. The highest BCUT2D eigenvalue weighted by molar-refractivity contribution is 7.76. The predicted octanol–water partition coefficient (Wildman–Crippen LogP) is 2.44. The Morgan fingerprint density at radius 2 is 2.10 bits per heavy atom. The molecular weight excluding hydrogens is 423 g/mol. The quantitative estimate of drug-likeness (QED) is 0.612. The average molecular weight is 442 g/mol. The fraction of sp³-hybridized carbons (Fsp3) is 0.278. The third-order valence-electron chi connectivity index (χ3n) is 4.91. The van der Waals surface area contributed by atoms with Crippen LogP contribution in [-0.2, 0) is 17.8 Å². The van der Waals surface area contributed by atoms with Gasteiger partial charge in [0.25, 0.3) is 0 Å². The molecule has 3 rings (SSSR count). The van der Waals surface area contributed by atoms with Gasteiger partial charge in [0.1, 0.15) is 11.6 Å². The normalized spacial score (nSPS) is 18.0. The molecule has 156 valence electrons. The van der Waals surface area contributed by atoms with Gasteiger partial charge in [-0.15, -0.1) is 0 Å². The number of rotatable bonds is 5. The third-order valence-corrected chi connectivity index (χ3v) is 6.00. The van der Waals surface area contributed by atoms with Crippen LogP contribution in [0.25, 0.3) is 0 Å². The van der Waals surface area contributed by atoms with Crippen LogP contribution in [0.3, 0.4) is 0 Å². The zero-order valence-electron chi connectivity index (χ0n) is 15.2. The summed E-state index contributed by atoms with van der Waals surface area (Å²) in [5.41, 5.74) is 11.6. The van der Waals surface area contributed by atoms with Crippen LogP contribution < -0.4 is 16.4 Å². The lowest BCUT2D eigenvalue weighted by atomic mass is 9.96. The van der Waals surface area contributed by atoms with Gasteiger partial charge in [0, 0.05) is 53.0 Å². The number of carbonyl (C=O) groups is 1. The first kappa shape index (κ1) is 21.5. The van der Waals surface area contributed by atoms with Crippen LogP contribution in [0.5, 0.6) is 5.75 Å². The van der Waals surface area contributed by atoms with Crippen molar-refractivity contribution in [1.29, 1.82) is 0 Å². The Hall–Kier alpha value is -2.24. The fourth-order valence-electron chi connectivity index (χ4n) is 3.57. The van der Waals surface area contributed by atoms with E-state index in [4.69, 9.17) is 23.1 Å². The zero-order chi connectivity index (χ0) is 21.3. The molecule has 0 aromatic heterocycles. The molecule has 0 aliphatic carbocycles. The summed E-state index contributed by atoms with van der Waals surface area (Å²) in [4.78, 5) is 13.2. The Labute approximate surface area is 174 Å². The molecule has 2 aromatic rings. The second kappa shape index (κ2) is 8.64. The van der Waals surface area contributed by atoms with E-state index in [-0.39, 0.29) is 53.3 Å². The molecule has 2 aromatic carbocycles. The van der Waals surface area contributed by atoms with E-state index in [9.17, 15) is 23.1 Å². The highest BCUT2D eigenvalue weighted by Crippen LogP contribution is 2.45. The van der Waals surface area contributed by atoms with Crippen molar-refractivity contribution in [1.82, 2.24) is 4.31 Å². The molecule has 1 fully saturated rings. The van der Waals surface area contributed by atoms with Crippen molar-refractivity contribution in [2.24, 2.45) is 11.5 Å². The van der Waals surface area contributed by atoms with Gasteiger partial charge in [-0.3, -0.25) is 9.11 Å². The SMILES string of the molecule is NCc1c(F)cccc1N(C(N)=O)c1ccc(Cl)c([C@@H]2CCN(S(=O)[O-])C2)c1O. The number of aromatic hydroxyl groups is 1. The topological polar surface area (TPSA) is 136 Å². The van der Waals surface area contributed by atoms with Crippen LogP contribution >= 0.6 is 11.6 Å². The highest BCUT2D eigenvalue weighted by atomic mass is 35.5. The second-order valence-electron chi connectivity index (χ2n) is 6.53. The van der Waals surface area contributed by atoms with Crippen LogP contribution in [0.1, 0.15) is 23.5 Å². The van der Waals surface area contributed by atoms with E-state index in [0.717, 1.165) is 4.90 Å². The van der Waals surface area contributed by atoms with E-state index in [2.05, 4.69) is 0 Å². The molecule has 0 radical (unpaired) electrons. The zero-order valence-corrected chi connectivity index (χ0v) is 16.8. The van der Waals surface area contributed by atoms with Crippen molar-refractivity contribution in [3.63, 3.8) is 0 Å². The van der Waals surface area contributed by atoms with Gasteiger partial charge < -0.3 is 21.1 Å². The monoisotopic (exact) mass is 441 g/mol. The summed E-state index contributed by atoms with van der Waals surface area (Å²) in [6.07, 6.45) is 0.440. The van der Waals surface area contributed by atoms with E-state index in [1.807, 2.05) is 0 Å². The number of primary amides is 1. The molecule has 5 N–H and O–H groups in total. The van der Waals surface area contributed by atoms with Gasteiger partial charge in [-0.2, -0.15) is 0 Å². The average Bonchev–Trinajstić information content (AvgIpc) is 3.14. The van der Waals surface area contributed by atoms with Gasteiger partial charge in [-0.25, -0.2) is 13.5 Å². The van der Waals surface area contributed by atoms with E-state index < -0.39 is 23.1 Å². The lowest BCUT2D eigenvalue weighted by molar-refractivity contribution is 0.256. The van der Waals surface area contributed by atoms with E-state index >= 15 is 0 Å². The van der Waals surface area contributed by atoms with Gasteiger partial charge in [0.2, 0.25) is 0 Å². The number of benzene rings is 2. The molecule has 1 saturated heterocycles. The minimum absolute atomic E-state index is 0.00102. The van der Waals surface area contributed by atoms with Crippen LogP contribution in [0.2, 0.25) is 5.02 Å². The summed E-state index contributed by atoms with van der Waals surface area (Å²) in [7, 11) is 0. The van der Waals surface area contributed by atoms with E-state index in [1.54, 1.807) is 0 Å². The van der Waals surface area contributed by atoms with Crippen LogP contribution in [-0.4, -0.2) is 37.3 Å². The van der Waals surface area contributed by atoms with Crippen molar-refractivity contribution < 1.29 is 23.1 Å². The molecule has 11 heteroatoms. The van der Waals surface area contributed by atoms with Gasteiger partial charge >= 0.3 is 6.03 Å². The standard InChI is InChI=1S/C18H20ClFN4O4S/c19-12-4-5-15(17(25)16(12)10-6-7-23(9-10)29(27)28)24(18(22)26)14-3-1-2-13(20)11(14)8-21/h1-5,10,25H,6-9,21H2,(H2,22,26)(H,27,28)/p-1/t10-/m1/s1. The summed E-state index contributed by atoms with van der Waals surface area (Å²) >= 11 is 3.89. The first-order valence-corrected chi connectivity index (χ1v) is 10.1. The Balaban J connectivity index is 2.12. The molecule has 1 heterocycles. The van der Waals surface area contributed by atoms with Crippen molar-refractivity contribution in [2.45, 2.75) is 18.9 Å². The number of nitrogens with two attached hydrogens (primary N) is 2. The molecule has 1 unspecified atom stereocenters. The summed E-state index contributed by atoms with van der Waals surface area (Å²) in [5, 5.41) is 11.2. The number of nitrogens with zero attached hydrogens (tertiary/aromatic N) is 2. The number of phenols is 1. The summed E-state index contributed by atoms with van der Waals surface area (Å²) in [6.45, 7) is 0.221. The summed E-state index contributed by atoms with van der Waals surface area (Å²) < 4.78 is 37.8. The summed E-state index contributed by atoms with van der Waals surface area (Å²) in [5.74, 6) is -1.32. The summed E-state index contributed by atoms with van der Waals surface area (Å²) in [6, 6.07) is 5.96. The smallest absolute Gasteiger partial charge is 0.324 e. The molecule has 1 aliphatic rings. The minimum atomic E-state index is -2.39. The number of phenolic OH excluding ortho intramolecular Hbond substituents is 1.